The van der Waals surface area contributed by atoms with Crippen molar-refractivity contribution in [3.8, 4) is 5.75 Å². The van der Waals surface area contributed by atoms with E-state index in [0.717, 1.165) is 17.3 Å². The number of thioether (sulfide) groups is 1. The van der Waals surface area contributed by atoms with Crippen molar-refractivity contribution in [1.82, 2.24) is 10.2 Å². The number of aliphatic imine (C=N–C) groups is 2. The fourth-order valence-corrected chi connectivity index (χ4v) is 4.88. The average Bonchev–Trinajstić information content (AvgIpc) is 3.27. The van der Waals surface area contributed by atoms with Gasteiger partial charge in [-0.3, -0.25) is 19.4 Å². The monoisotopic (exact) mass is 545 g/mol. The van der Waals surface area contributed by atoms with E-state index in [1.54, 1.807) is 49.6 Å². The summed E-state index contributed by atoms with van der Waals surface area (Å²) in [5, 5.41) is 5.88. The van der Waals surface area contributed by atoms with Crippen LogP contribution in [0.1, 0.15) is 17.5 Å². The number of benzene rings is 3. The SMILES string of the molecule is COc1ccc(NC(=O)CSC2=Nc3ccccc3C3=N[C@H](CC(=O)NCc4ccc(F)cc4)C(=O)N23)cc1. The largest absolute Gasteiger partial charge is 0.497 e. The zero-order chi connectivity index (χ0) is 27.4. The molecule has 0 radical (unpaired) electrons. The summed E-state index contributed by atoms with van der Waals surface area (Å²) in [5.74, 6) is -0.294. The number of hydrogen-bond donors (Lipinski definition) is 2. The van der Waals surface area contributed by atoms with Crippen molar-refractivity contribution in [3.63, 3.8) is 0 Å². The smallest absolute Gasteiger partial charge is 0.259 e. The molecule has 0 unspecified atom stereocenters. The van der Waals surface area contributed by atoms with Crippen molar-refractivity contribution in [1.29, 1.82) is 0 Å². The maximum absolute atomic E-state index is 13.4. The predicted octanol–water partition coefficient (Wildman–Crippen LogP) is 3.87. The van der Waals surface area contributed by atoms with Crippen LogP contribution in [0.25, 0.3) is 0 Å². The molecule has 0 bridgehead atoms. The Labute approximate surface area is 228 Å². The number of nitrogens with zero attached hydrogens (tertiary/aromatic N) is 3. The lowest BCUT2D eigenvalue weighted by Gasteiger charge is -2.25. The summed E-state index contributed by atoms with van der Waals surface area (Å²) in [6.45, 7) is 0.203. The molecule has 3 amide bonds. The van der Waals surface area contributed by atoms with Gasteiger partial charge >= 0.3 is 0 Å². The average molecular weight is 546 g/mol. The Balaban J connectivity index is 1.26. The number of rotatable bonds is 8. The van der Waals surface area contributed by atoms with Crippen molar-refractivity contribution in [2.75, 3.05) is 18.2 Å². The van der Waals surface area contributed by atoms with Gasteiger partial charge in [-0.1, -0.05) is 36.0 Å². The molecule has 0 spiro atoms. The number of amides is 3. The van der Waals surface area contributed by atoms with Gasteiger partial charge in [0, 0.05) is 17.8 Å². The van der Waals surface area contributed by atoms with Crippen molar-refractivity contribution in [2.45, 2.75) is 19.0 Å². The number of halogens is 1. The lowest BCUT2D eigenvalue weighted by molar-refractivity contribution is -0.128. The Hall–Kier alpha value is -4.51. The molecule has 9 nitrogen and oxygen atoms in total. The fraction of sp³-hybridized carbons (Fsp3) is 0.179. The van der Waals surface area contributed by atoms with Crippen LogP contribution in [0.4, 0.5) is 15.8 Å². The van der Waals surface area contributed by atoms with E-state index in [9.17, 15) is 18.8 Å². The molecule has 0 saturated heterocycles. The summed E-state index contributed by atoms with van der Waals surface area (Å²) in [6.07, 6.45) is -0.155. The van der Waals surface area contributed by atoms with Gasteiger partial charge in [-0.15, -0.1) is 0 Å². The fourth-order valence-electron chi connectivity index (χ4n) is 4.08. The number of nitrogens with one attached hydrogen (secondary N) is 2. The number of hydrogen-bond acceptors (Lipinski definition) is 7. The molecular formula is C28H24FN5O4S. The molecule has 1 atom stereocenters. The summed E-state index contributed by atoms with van der Waals surface area (Å²) >= 11 is 1.11. The lowest BCUT2D eigenvalue weighted by Crippen LogP contribution is -2.42. The molecule has 39 heavy (non-hydrogen) atoms. The van der Waals surface area contributed by atoms with E-state index >= 15 is 0 Å². The molecule has 0 aromatic heterocycles. The second-order valence-electron chi connectivity index (χ2n) is 8.73. The zero-order valence-corrected chi connectivity index (χ0v) is 21.7. The Morgan fingerprint density at radius 2 is 1.77 bits per heavy atom. The number of para-hydroxylation sites is 1. The van der Waals surface area contributed by atoms with Crippen LogP contribution in [0, 0.1) is 5.82 Å². The van der Waals surface area contributed by atoms with E-state index in [1.807, 2.05) is 18.2 Å². The number of methoxy groups -OCH3 is 1. The van der Waals surface area contributed by atoms with Crippen LogP contribution in [0.3, 0.4) is 0 Å². The normalized spacial score (nSPS) is 15.6. The zero-order valence-electron chi connectivity index (χ0n) is 20.9. The minimum absolute atomic E-state index is 0.00686. The topological polar surface area (TPSA) is 112 Å². The molecule has 3 aromatic carbocycles. The van der Waals surface area contributed by atoms with Gasteiger partial charge < -0.3 is 15.4 Å². The highest BCUT2D eigenvalue weighted by Gasteiger charge is 2.42. The number of ether oxygens (including phenoxy) is 1. The molecule has 0 aliphatic carbocycles. The number of anilines is 1. The number of carbonyl (C=O) groups is 3. The van der Waals surface area contributed by atoms with Crippen LogP contribution in [-0.2, 0) is 20.9 Å². The molecule has 2 aliphatic heterocycles. The number of amidine groups is 2. The predicted molar refractivity (Wildman–Crippen MR) is 148 cm³/mol. The molecule has 2 heterocycles. The van der Waals surface area contributed by atoms with Gasteiger partial charge in [-0.25, -0.2) is 14.3 Å². The van der Waals surface area contributed by atoms with Crippen molar-refractivity contribution >= 4 is 51.9 Å². The first-order valence-corrected chi connectivity index (χ1v) is 13.1. The van der Waals surface area contributed by atoms with Crippen molar-refractivity contribution in [2.24, 2.45) is 9.98 Å². The van der Waals surface area contributed by atoms with E-state index in [0.29, 0.717) is 33.7 Å². The third-order valence-electron chi connectivity index (χ3n) is 6.04. The van der Waals surface area contributed by atoms with Crippen molar-refractivity contribution < 1.29 is 23.5 Å². The van der Waals surface area contributed by atoms with Crippen molar-refractivity contribution in [3.05, 3.63) is 89.7 Å². The summed E-state index contributed by atoms with van der Waals surface area (Å²) < 4.78 is 18.3. The highest BCUT2D eigenvalue weighted by molar-refractivity contribution is 8.14. The van der Waals surface area contributed by atoms with E-state index in [-0.39, 0.29) is 36.4 Å². The highest BCUT2D eigenvalue weighted by atomic mass is 32.2. The first-order chi connectivity index (χ1) is 18.9. The molecule has 198 valence electrons. The summed E-state index contributed by atoms with van der Waals surface area (Å²) in [7, 11) is 1.56. The summed E-state index contributed by atoms with van der Waals surface area (Å²) in [5.41, 5.74) is 2.65. The summed E-state index contributed by atoms with van der Waals surface area (Å²) in [6, 6.07) is 19.1. The minimum atomic E-state index is -0.932. The maximum Gasteiger partial charge on any atom is 0.259 e. The highest BCUT2D eigenvalue weighted by Crippen LogP contribution is 2.34. The van der Waals surface area contributed by atoms with E-state index < -0.39 is 11.9 Å². The van der Waals surface area contributed by atoms with E-state index in [1.165, 1.54) is 17.0 Å². The first-order valence-electron chi connectivity index (χ1n) is 12.1. The second-order valence-corrected chi connectivity index (χ2v) is 9.67. The lowest BCUT2D eigenvalue weighted by atomic mass is 10.1. The molecule has 2 aliphatic rings. The van der Waals surface area contributed by atoms with Gasteiger partial charge in [0.1, 0.15) is 23.4 Å². The van der Waals surface area contributed by atoms with Crippen LogP contribution in [0.15, 0.2) is 82.8 Å². The van der Waals surface area contributed by atoms with E-state index in [2.05, 4.69) is 20.6 Å². The molecule has 5 rings (SSSR count). The van der Waals surface area contributed by atoms with Gasteiger partial charge in [0.15, 0.2) is 5.17 Å². The first kappa shape index (κ1) is 26.1. The van der Waals surface area contributed by atoms with E-state index in [4.69, 9.17) is 4.74 Å². The maximum atomic E-state index is 13.4. The van der Waals surface area contributed by atoms with Gasteiger partial charge in [0.25, 0.3) is 5.91 Å². The van der Waals surface area contributed by atoms with Gasteiger partial charge in [0.2, 0.25) is 11.8 Å². The standard InChI is InChI=1S/C28H24FN5O4S/c1-38-20-12-10-19(11-13-20)31-25(36)16-39-28-33-22-5-3-2-4-21(22)26-32-23(27(37)34(26)28)14-24(35)30-15-17-6-8-18(29)9-7-17/h2-13,23H,14-16H2,1H3,(H,30,35)(H,31,36)/t23-/m1/s1. The second kappa shape index (κ2) is 11.5. The Bertz CT molecular complexity index is 1470. The molecule has 0 saturated carbocycles. The third-order valence-corrected chi connectivity index (χ3v) is 6.97. The summed E-state index contributed by atoms with van der Waals surface area (Å²) in [4.78, 5) is 49.2. The van der Waals surface area contributed by atoms with Crippen LogP contribution < -0.4 is 15.4 Å². The third kappa shape index (κ3) is 5.99. The van der Waals surface area contributed by atoms with Crippen LogP contribution in [0.5, 0.6) is 5.75 Å². The number of carbonyl (C=O) groups excluding carboxylic acids is 3. The number of fused-ring (bicyclic) bond motifs is 3. The Morgan fingerprint density at radius 3 is 2.51 bits per heavy atom. The van der Waals surface area contributed by atoms with Gasteiger partial charge in [-0.05, 0) is 54.1 Å². The van der Waals surface area contributed by atoms with Gasteiger partial charge in [-0.2, -0.15) is 0 Å². The van der Waals surface area contributed by atoms with Crippen LogP contribution >= 0.6 is 11.8 Å². The minimum Gasteiger partial charge on any atom is -0.497 e. The molecule has 3 aromatic rings. The Morgan fingerprint density at radius 1 is 1.03 bits per heavy atom. The van der Waals surface area contributed by atoms with Gasteiger partial charge in [0.05, 0.1) is 25.0 Å². The molecular weight excluding hydrogens is 521 g/mol. The molecule has 11 heteroatoms. The molecule has 0 fully saturated rings. The quantitative estimate of drug-likeness (QED) is 0.446. The van der Waals surface area contributed by atoms with Crippen LogP contribution in [0.2, 0.25) is 0 Å². The Kier molecular flexibility index (Phi) is 7.69. The molecule has 2 N–H and O–H groups in total. The van der Waals surface area contributed by atoms with Crippen LogP contribution in [-0.4, -0.2) is 52.5 Å².